The maximum Gasteiger partial charge on any atom is 0.156 e. The van der Waals surface area contributed by atoms with E-state index >= 15 is 0 Å². The lowest BCUT2D eigenvalue weighted by atomic mass is 9.58. The summed E-state index contributed by atoms with van der Waals surface area (Å²) in [5.74, 6) is 0.925. The summed E-state index contributed by atoms with van der Waals surface area (Å²) in [6.07, 6.45) is 4.44. The van der Waals surface area contributed by atoms with Gasteiger partial charge in [0.1, 0.15) is 5.84 Å². The molecular formula is C27H32N4. The van der Waals surface area contributed by atoms with Gasteiger partial charge in [0.2, 0.25) is 0 Å². The Labute approximate surface area is 186 Å². The van der Waals surface area contributed by atoms with Gasteiger partial charge in [0.05, 0.1) is 11.9 Å². The summed E-state index contributed by atoms with van der Waals surface area (Å²) >= 11 is 0. The third-order valence-corrected chi connectivity index (χ3v) is 8.23. The van der Waals surface area contributed by atoms with Gasteiger partial charge in [0.15, 0.2) is 5.66 Å². The zero-order valence-corrected chi connectivity index (χ0v) is 19.4. The number of aryl methyl sites for hydroxylation is 1. The first-order valence-corrected chi connectivity index (χ1v) is 11.0. The Hall–Kier alpha value is -2.85. The lowest BCUT2D eigenvalue weighted by molar-refractivity contribution is 0.0435. The van der Waals surface area contributed by atoms with Gasteiger partial charge in [-0.3, -0.25) is 4.90 Å². The van der Waals surface area contributed by atoms with Gasteiger partial charge in [0.25, 0.3) is 0 Å². The van der Waals surface area contributed by atoms with Crippen molar-refractivity contribution >= 4 is 11.5 Å². The molecule has 3 aliphatic heterocycles. The van der Waals surface area contributed by atoms with Crippen molar-refractivity contribution in [3.63, 3.8) is 0 Å². The molecule has 160 valence electrons. The number of likely N-dealkylation sites (N-methyl/N-ethyl adjacent to an activating group) is 1. The van der Waals surface area contributed by atoms with E-state index in [0.717, 1.165) is 11.4 Å². The number of amidine groups is 1. The quantitative estimate of drug-likeness (QED) is 0.691. The molecule has 4 heteroatoms. The van der Waals surface area contributed by atoms with Gasteiger partial charge < -0.3 is 10.2 Å². The van der Waals surface area contributed by atoms with Crippen LogP contribution in [-0.2, 0) is 5.41 Å². The van der Waals surface area contributed by atoms with E-state index in [1.807, 2.05) is 0 Å². The third kappa shape index (κ3) is 2.37. The SMILES string of the molecule is C=CC1(C)c2ccccc2N2C3=CNC(c4ccccc4C)=NC3(C)N(C)C2C1(C)C. The number of para-hydroxylation sites is 1. The predicted octanol–water partition coefficient (Wildman–Crippen LogP) is 5.16. The smallest absolute Gasteiger partial charge is 0.156 e. The van der Waals surface area contributed by atoms with Crippen LogP contribution in [0.25, 0.3) is 0 Å². The van der Waals surface area contributed by atoms with Gasteiger partial charge in [-0.1, -0.05) is 69.3 Å². The maximum atomic E-state index is 5.32. The highest BCUT2D eigenvalue weighted by atomic mass is 15.5. The molecular weight excluding hydrogens is 380 g/mol. The molecule has 2 aromatic rings. The normalized spacial score (nSPS) is 31.0. The first-order valence-electron chi connectivity index (χ1n) is 11.0. The predicted molar refractivity (Wildman–Crippen MR) is 129 cm³/mol. The molecule has 0 aliphatic carbocycles. The van der Waals surface area contributed by atoms with Crippen LogP contribution < -0.4 is 10.2 Å². The number of benzene rings is 2. The van der Waals surface area contributed by atoms with E-state index in [-0.39, 0.29) is 17.0 Å². The summed E-state index contributed by atoms with van der Waals surface area (Å²) in [6.45, 7) is 15.7. The summed E-state index contributed by atoms with van der Waals surface area (Å²) < 4.78 is 0. The highest BCUT2D eigenvalue weighted by Crippen LogP contribution is 2.60. The average molecular weight is 413 g/mol. The van der Waals surface area contributed by atoms with Gasteiger partial charge in [-0.2, -0.15) is 0 Å². The lowest BCUT2D eigenvalue weighted by Crippen LogP contribution is -2.60. The number of nitrogens with zero attached hydrogens (tertiary/aromatic N) is 3. The van der Waals surface area contributed by atoms with E-state index in [2.05, 4.69) is 124 Å². The van der Waals surface area contributed by atoms with E-state index in [1.54, 1.807) is 0 Å². The van der Waals surface area contributed by atoms with E-state index in [9.17, 15) is 0 Å². The number of hydrogen-bond donors (Lipinski definition) is 1. The highest BCUT2D eigenvalue weighted by Gasteiger charge is 2.63. The van der Waals surface area contributed by atoms with Crippen molar-refractivity contribution < 1.29 is 0 Å². The van der Waals surface area contributed by atoms with Crippen molar-refractivity contribution in [2.45, 2.75) is 51.9 Å². The van der Waals surface area contributed by atoms with Crippen LogP contribution in [-0.4, -0.2) is 29.6 Å². The number of allylic oxidation sites excluding steroid dienone is 1. The van der Waals surface area contributed by atoms with Crippen LogP contribution in [0.15, 0.2) is 78.1 Å². The van der Waals surface area contributed by atoms with Crippen LogP contribution in [0.2, 0.25) is 0 Å². The fraction of sp³-hybridized carbons (Fsp3) is 0.370. The van der Waals surface area contributed by atoms with Crippen LogP contribution in [0.5, 0.6) is 0 Å². The van der Waals surface area contributed by atoms with E-state index in [1.165, 1.54) is 22.5 Å². The standard InChI is InChI=1S/C27H32N4/c1-8-26(5)20-15-11-12-16-21(20)31-22-17-28-23(19-14-10-9-13-18(19)2)29-27(22,6)30(7)24(31)25(26,3)4/h8-17,24H,1H2,2-7H3,(H,28,29). The minimum Gasteiger partial charge on any atom is -0.344 e. The summed E-state index contributed by atoms with van der Waals surface area (Å²) in [4.78, 5) is 10.3. The van der Waals surface area contributed by atoms with Crippen molar-refractivity contribution in [1.29, 1.82) is 0 Å². The third-order valence-electron chi connectivity index (χ3n) is 8.23. The van der Waals surface area contributed by atoms with Gasteiger partial charge in [-0.15, -0.1) is 6.58 Å². The number of aliphatic imine (C=N–C) groups is 1. The second kappa shape index (κ2) is 6.33. The van der Waals surface area contributed by atoms with Gasteiger partial charge in [-0.05, 0) is 38.1 Å². The first kappa shape index (κ1) is 20.1. The summed E-state index contributed by atoms with van der Waals surface area (Å²) in [5, 5.41) is 3.52. The molecule has 0 bridgehead atoms. The highest BCUT2D eigenvalue weighted by molar-refractivity contribution is 6.02. The van der Waals surface area contributed by atoms with E-state index < -0.39 is 5.66 Å². The zero-order chi connectivity index (χ0) is 22.2. The van der Waals surface area contributed by atoms with Gasteiger partial charge >= 0.3 is 0 Å². The molecule has 0 radical (unpaired) electrons. The van der Waals surface area contributed by atoms with E-state index in [0.29, 0.717) is 0 Å². The van der Waals surface area contributed by atoms with Crippen LogP contribution in [0.1, 0.15) is 44.4 Å². The number of fused-ring (bicyclic) bond motifs is 5. The first-order chi connectivity index (χ1) is 14.7. The summed E-state index contributed by atoms with van der Waals surface area (Å²) in [7, 11) is 2.21. The zero-order valence-electron chi connectivity index (χ0n) is 19.4. The number of anilines is 1. The molecule has 31 heavy (non-hydrogen) atoms. The van der Waals surface area contributed by atoms with Crippen molar-refractivity contribution in [3.05, 3.63) is 89.8 Å². The Kier molecular flexibility index (Phi) is 4.10. The monoisotopic (exact) mass is 412 g/mol. The molecule has 3 heterocycles. The molecule has 2 aromatic carbocycles. The summed E-state index contributed by atoms with van der Waals surface area (Å²) in [5.41, 5.74) is 5.38. The molecule has 0 spiro atoms. The molecule has 1 fully saturated rings. The van der Waals surface area contributed by atoms with Crippen LogP contribution >= 0.6 is 0 Å². The second-order valence-electron chi connectivity index (χ2n) is 9.97. The molecule has 0 saturated carbocycles. The molecule has 3 atom stereocenters. The Morgan fingerprint density at radius 1 is 1.03 bits per heavy atom. The van der Waals surface area contributed by atoms with Crippen LogP contribution in [0, 0.1) is 12.3 Å². The topological polar surface area (TPSA) is 30.9 Å². The van der Waals surface area contributed by atoms with Crippen molar-refractivity contribution in [2.75, 3.05) is 11.9 Å². The molecule has 0 aromatic heterocycles. The van der Waals surface area contributed by atoms with Crippen LogP contribution in [0.4, 0.5) is 5.69 Å². The van der Waals surface area contributed by atoms with E-state index in [4.69, 9.17) is 4.99 Å². The van der Waals surface area contributed by atoms with Crippen molar-refractivity contribution in [2.24, 2.45) is 10.4 Å². The Morgan fingerprint density at radius 2 is 1.71 bits per heavy atom. The number of nitrogens with one attached hydrogen (secondary N) is 1. The maximum absolute atomic E-state index is 5.32. The van der Waals surface area contributed by atoms with Crippen LogP contribution in [0.3, 0.4) is 0 Å². The lowest BCUT2D eigenvalue weighted by Gasteiger charge is -2.56. The second-order valence-corrected chi connectivity index (χ2v) is 9.97. The molecule has 0 amide bonds. The largest absolute Gasteiger partial charge is 0.344 e. The Morgan fingerprint density at radius 3 is 2.42 bits per heavy atom. The Bertz CT molecular complexity index is 1140. The molecule has 1 N–H and O–H groups in total. The fourth-order valence-electron chi connectivity index (χ4n) is 5.84. The average Bonchev–Trinajstić information content (AvgIpc) is 3.00. The molecule has 1 saturated heterocycles. The minimum atomic E-state index is -0.468. The van der Waals surface area contributed by atoms with Gasteiger partial charge in [0, 0.05) is 28.3 Å². The minimum absolute atomic E-state index is 0.0998. The fourth-order valence-corrected chi connectivity index (χ4v) is 5.84. The number of rotatable bonds is 2. The molecule has 3 aliphatic rings. The number of hydrogen-bond acceptors (Lipinski definition) is 4. The molecule has 5 rings (SSSR count). The molecule has 3 unspecified atom stereocenters. The summed E-state index contributed by atoms with van der Waals surface area (Å²) in [6, 6.07) is 17.2. The van der Waals surface area contributed by atoms with Crippen molar-refractivity contribution in [3.8, 4) is 0 Å². The molecule has 4 nitrogen and oxygen atoms in total. The van der Waals surface area contributed by atoms with Crippen molar-refractivity contribution in [1.82, 2.24) is 10.2 Å². The van der Waals surface area contributed by atoms with Gasteiger partial charge in [-0.25, -0.2) is 4.99 Å². The Balaban J connectivity index is 1.72.